The summed E-state index contributed by atoms with van der Waals surface area (Å²) in [5, 5.41) is 9.55. The van der Waals surface area contributed by atoms with Crippen molar-refractivity contribution in [2.24, 2.45) is 0 Å². The van der Waals surface area contributed by atoms with Crippen LogP contribution in [0.15, 0.2) is 0 Å². The van der Waals surface area contributed by atoms with Crippen LogP contribution in [0.1, 0.15) is 0 Å². The van der Waals surface area contributed by atoms with Crippen molar-refractivity contribution in [1.29, 1.82) is 0 Å². The molecule has 0 heterocycles. The van der Waals surface area contributed by atoms with E-state index in [1.165, 1.54) is 5.32 Å². The summed E-state index contributed by atoms with van der Waals surface area (Å²) in [4.78, 5) is 0. The Morgan fingerprint density at radius 3 is 1.61 bits per heavy atom. The Kier molecular flexibility index (Phi) is 4.05. The highest BCUT2D eigenvalue weighted by atomic mass is 19.3. The quantitative estimate of drug-likeness (QED) is 0.503. The maximum atomic E-state index is 13.0. The molecule has 1 aromatic carbocycles. The first kappa shape index (κ1) is 14.6. The Bertz CT molecular complexity index is 434. The van der Waals surface area contributed by atoms with Crippen LogP contribution in [0.25, 0.3) is 0 Å². The highest BCUT2D eigenvalue weighted by Gasteiger charge is 2.31. The van der Waals surface area contributed by atoms with Gasteiger partial charge in [0.1, 0.15) is 12.3 Å². The van der Waals surface area contributed by atoms with Crippen molar-refractivity contribution in [2.45, 2.75) is 5.92 Å². The molecule has 0 bridgehead atoms. The van der Waals surface area contributed by atoms with Gasteiger partial charge in [0, 0.05) is 0 Å². The minimum absolute atomic E-state index is 1.37. The molecule has 0 saturated carbocycles. The van der Waals surface area contributed by atoms with Gasteiger partial charge in [-0.05, 0) is 0 Å². The number of anilines is 1. The second kappa shape index (κ2) is 5.01. The molecule has 0 radical (unpaired) electrons. The van der Waals surface area contributed by atoms with Crippen molar-refractivity contribution < 1.29 is 35.8 Å². The van der Waals surface area contributed by atoms with E-state index >= 15 is 0 Å². The molecule has 9 heteroatoms. The van der Waals surface area contributed by atoms with E-state index in [1.807, 2.05) is 0 Å². The molecule has 0 spiro atoms. The van der Waals surface area contributed by atoms with E-state index in [2.05, 4.69) is 0 Å². The maximum Gasteiger partial charge on any atom is 0.287 e. The van der Waals surface area contributed by atoms with Gasteiger partial charge in [-0.15, -0.1) is 0 Å². The summed E-state index contributed by atoms with van der Waals surface area (Å²) in [5.74, 6) is -15.1. The second-order valence-corrected chi connectivity index (χ2v) is 3.31. The summed E-state index contributed by atoms with van der Waals surface area (Å²) in [5.41, 5.74) is -1.57. The van der Waals surface area contributed by atoms with Crippen LogP contribution >= 0.6 is 0 Å². The third kappa shape index (κ3) is 2.66. The maximum absolute atomic E-state index is 13.0. The van der Waals surface area contributed by atoms with Crippen LogP contribution in [0.3, 0.4) is 0 Å². The predicted octanol–water partition coefficient (Wildman–Crippen LogP) is 2.42. The van der Waals surface area contributed by atoms with Gasteiger partial charge in [-0.3, -0.25) is 0 Å². The van der Waals surface area contributed by atoms with Crippen LogP contribution < -0.4 is 5.32 Å². The predicted molar refractivity (Wildman–Crippen MR) is 46.8 cm³/mol. The molecule has 0 unspecified atom stereocenters. The van der Waals surface area contributed by atoms with E-state index in [4.69, 9.17) is 5.11 Å². The number of hydrogen-bond acceptors (Lipinski definition) is 2. The van der Waals surface area contributed by atoms with E-state index in [0.717, 1.165) is 0 Å². The highest BCUT2D eigenvalue weighted by molar-refractivity contribution is 5.47. The van der Waals surface area contributed by atoms with Gasteiger partial charge < -0.3 is 10.4 Å². The van der Waals surface area contributed by atoms with Crippen LogP contribution in [0.4, 0.5) is 36.4 Å². The van der Waals surface area contributed by atoms with Crippen LogP contribution in [0.2, 0.25) is 0 Å². The molecule has 0 amide bonds. The van der Waals surface area contributed by atoms with E-state index in [-0.39, 0.29) is 0 Å². The molecule has 1 rings (SSSR count). The Morgan fingerprint density at radius 2 is 1.22 bits per heavy atom. The monoisotopic (exact) mass is 277 g/mol. The van der Waals surface area contributed by atoms with Gasteiger partial charge in [-0.2, -0.15) is 0 Å². The molecule has 2 N–H and O–H groups in total. The van der Waals surface area contributed by atoms with Crippen LogP contribution in [0, 0.1) is 29.1 Å². The molecule has 0 aliphatic carbocycles. The third-order valence-electron chi connectivity index (χ3n) is 1.96. The largest absolute Gasteiger partial charge is 0.390 e. The van der Waals surface area contributed by atoms with Crippen molar-refractivity contribution in [3.63, 3.8) is 0 Å². The number of hydrogen-bond donors (Lipinski definition) is 2. The average molecular weight is 277 g/mol. The number of alkyl halides is 2. The zero-order chi connectivity index (χ0) is 14.1. The summed E-state index contributed by atoms with van der Waals surface area (Å²) < 4.78 is 89.0. The molecule has 18 heavy (non-hydrogen) atoms. The summed E-state index contributed by atoms with van der Waals surface area (Å²) in [6.07, 6.45) is 0. The first-order valence-corrected chi connectivity index (χ1v) is 4.45. The van der Waals surface area contributed by atoms with E-state index in [1.54, 1.807) is 0 Å². The molecule has 0 aliphatic rings. The van der Waals surface area contributed by atoms with Crippen molar-refractivity contribution in [2.75, 3.05) is 18.5 Å². The molecule has 2 nitrogen and oxygen atoms in total. The summed E-state index contributed by atoms with van der Waals surface area (Å²) in [6.45, 7) is -3.13. The molecule has 102 valence electrons. The van der Waals surface area contributed by atoms with Crippen LogP contribution in [-0.4, -0.2) is 24.2 Å². The SMILES string of the molecule is OCC(F)(F)CNc1c(F)c(F)c(F)c(F)c1F. The smallest absolute Gasteiger partial charge is 0.287 e. The molecule has 0 saturated heterocycles. The van der Waals surface area contributed by atoms with Gasteiger partial charge in [-0.1, -0.05) is 0 Å². The van der Waals surface area contributed by atoms with Gasteiger partial charge in [0.2, 0.25) is 5.82 Å². The van der Waals surface area contributed by atoms with E-state index in [9.17, 15) is 30.7 Å². The number of rotatable bonds is 4. The van der Waals surface area contributed by atoms with Gasteiger partial charge in [0.25, 0.3) is 5.92 Å². The Balaban J connectivity index is 3.11. The Labute approximate surface area is 96.0 Å². The van der Waals surface area contributed by atoms with Gasteiger partial charge in [0.05, 0.1) is 6.54 Å². The lowest BCUT2D eigenvalue weighted by Gasteiger charge is -2.16. The number of benzene rings is 1. The molecular weight excluding hydrogens is 271 g/mol. The molecule has 0 aromatic heterocycles. The Hall–Kier alpha value is -1.51. The Morgan fingerprint density at radius 1 is 0.833 bits per heavy atom. The molecule has 0 aliphatic heterocycles. The zero-order valence-electron chi connectivity index (χ0n) is 8.51. The van der Waals surface area contributed by atoms with E-state index in [0.29, 0.717) is 0 Å². The van der Waals surface area contributed by atoms with Crippen molar-refractivity contribution in [3.8, 4) is 0 Å². The lowest BCUT2D eigenvalue weighted by Crippen LogP contribution is -2.31. The number of nitrogens with one attached hydrogen (secondary N) is 1. The summed E-state index contributed by atoms with van der Waals surface area (Å²) >= 11 is 0. The van der Waals surface area contributed by atoms with Crippen LogP contribution in [0.5, 0.6) is 0 Å². The lowest BCUT2D eigenvalue weighted by atomic mass is 10.2. The van der Waals surface area contributed by atoms with Crippen molar-refractivity contribution in [1.82, 2.24) is 0 Å². The van der Waals surface area contributed by atoms with Crippen molar-refractivity contribution >= 4 is 5.69 Å². The fraction of sp³-hybridized carbons (Fsp3) is 0.333. The molecule has 0 fully saturated rings. The normalized spacial score (nSPS) is 11.8. The van der Waals surface area contributed by atoms with Crippen LogP contribution in [-0.2, 0) is 0 Å². The molecule has 1 aromatic rings. The lowest BCUT2D eigenvalue weighted by molar-refractivity contribution is -0.0373. The zero-order valence-corrected chi connectivity index (χ0v) is 8.51. The fourth-order valence-electron chi connectivity index (χ4n) is 1.03. The number of halogens is 7. The first-order chi connectivity index (χ1) is 8.21. The van der Waals surface area contributed by atoms with E-state index < -0.39 is 53.8 Å². The average Bonchev–Trinajstić information content (AvgIpc) is 2.34. The summed E-state index contributed by atoms with van der Waals surface area (Å²) in [7, 11) is 0. The second-order valence-electron chi connectivity index (χ2n) is 3.31. The van der Waals surface area contributed by atoms with Crippen molar-refractivity contribution in [3.05, 3.63) is 29.1 Å². The third-order valence-corrected chi connectivity index (χ3v) is 1.96. The molecular formula is C9H6F7NO. The topological polar surface area (TPSA) is 32.3 Å². The standard InChI is InChI=1S/C9H6F7NO/c10-3-4(11)6(13)8(7(14)5(3)12)17-1-9(15,16)2-18/h17-18H,1-2H2. The minimum atomic E-state index is -3.76. The van der Waals surface area contributed by atoms with Gasteiger partial charge in [0.15, 0.2) is 23.3 Å². The fourth-order valence-corrected chi connectivity index (χ4v) is 1.03. The number of aliphatic hydroxyl groups excluding tert-OH is 1. The number of aliphatic hydroxyl groups is 1. The van der Waals surface area contributed by atoms with Gasteiger partial charge in [-0.25, -0.2) is 30.7 Å². The highest BCUT2D eigenvalue weighted by Crippen LogP contribution is 2.27. The molecule has 0 atom stereocenters. The minimum Gasteiger partial charge on any atom is -0.390 e. The van der Waals surface area contributed by atoms with Gasteiger partial charge >= 0.3 is 0 Å². The first-order valence-electron chi connectivity index (χ1n) is 4.45. The summed E-state index contributed by atoms with van der Waals surface area (Å²) in [6, 6.07) is 0.